The van der Waals surface area contributed by atoms with Gasteiger partial charge < -0.3 is 15.4 Å². The molecule has 2 amide bonds. The Kier molecular flexibility index (Phi) is 8.04. The van der Waals surface area contributed by atoms with E-state index in [1.165, 1.54) is 29.5 Å². The minimum absolute atomic E-state index is 0.000926. The summed E-state index contributed by atoms with van der Waals surface area (Å²) in [5.41, 5.74) is 5.82. The third-order valence-electron chi connectivity index (χ3n) is 8.67. The van der Waals surface area contributed by atoms with Gasteiger partial charge in [0.15, 0.2) is 0 Å². The van der Waals surface area contributed by atoms with Crippen LogP contribution in [0.4, 0.5) is 11.5 Å². The number of hydrogen-bond donors (Lipinski definition) is 2. The zero-order valence-electron chi connectivity index (χ0n) is 25.0. The first-order valence-corrected chi connectivity index (χ1v) is 15.4. The monoisotopic (exact) mass is 566 g/mol. The fourth-order valence-corrected chi connectivity index (χ4v) is 6.01. The molecule has 0 spiro atoms. The van der Waals surface area contributed by atoms with Gasteiger partial charge >= 0.3 is 0 Å². The molecule has 1 saturated heterocycles. The van der Waals surface area contributed by atoms with Crippen molar-refractivity contribution >= 4 is 23.3 Å². The lowest BCUT2D eigenvalue weighted by Gasteiger charge is -2.26. The lowest BCUT2D eigenvalue weighted by atomic mass is 9.83. The number of aromatic nitrogens is 1. The van der Waals surface area contributed by atoms with Crippen LogP contribution in [0, 0.1) is 11.8 Å². The summed E-state index contributed by atoms with van der Waals surface area (Å²) in [4.78, 5) is 32.4. The first-order chi connectivity index (χ1) is 20.2. The number of amides is 2. The van der Waals surface area contributed by atoms with Gasteiger partial charge in [0.25, 0.3) is 0 Å². The molecule has 0 bridgehead atoms. The fraction of sp³-hybridized carbons (Fsp3) is 0.457. The van der Waals surface area contributed by atoms with Crippen LogP contribution in [-0.4, -0.2) is 34.8 Å². The number of pyridine rings is 1. The molecule has 220 valence electrons. The average molecular weight is 567 g/mol. The molecule has 2 heterocycles. The molecule has 3 aliphatic rings. The minimum Gasteiger partial charge on any atom is -0.457 e. The van der Waals surface area contributed by atoms with Gasteiger partial charge in [0.1, 0.15) is 17.3 Å². The van der Waals surface area contributed by atoms with Gasteiger partial charge in [-0.25, -0.2) is 4.98 Å². The standard InChI is InChI=1S/C35H42N4O3/c1-35(2,3)28-16-23(22-39-14-4-5-15-39)17-29(20-28)37-34(41)26-9-6-24-10-11-30(19-27(24)18-26)42-31-12-13-36-32(21-31)38-33(40)25-7-8-25/h10-13,16-17,19-21,25-26H,4-9,14-15,18,22H2,1-3H3,(H,37,41)(H,36,38,40). The molecule has 2 aliphatic carbocycles. The van der Waals surface area contributed by atoms with E-state index in [4.69, 9.17) is 4.74 Å². The molecule has 1 aliphatic heterocycles. The van der Waals surface area contributed by atoms with Crippen LogP contribution in [0.2, 0.25) is 0 Å². The van der Waals surface area contributed by atoms with E-state index >= 15 is 0 Å². The first kappa shape index (κ1) is 28.4. The maximum Gasteiger partial charge on any atom is 0.228 e. The molecule has 2 N–H and O–H groups in total. The maximum atomic E-state index is 13.6. The summed E-state index contributed by atoms with van der Waals surface area (Å²) < 4.78 is 6.15. The first-order valence-electron chi connectivity index (χ1n) is 15.4. The molecule has 0 radical (unpaired) electrons. The zero-order valence-corrected chi connectivity index (χ0v) is 25.0. The van der Waals surface area contributed by atoms with Crippen molar-refractivity contribution in [3.63, 3.8) is 0 Å². The van der Waals surface area contributed by atoms with E-state index < -0.39 is 0 Å². The van der Waals surface area contributed by atoms with E-state index in [1.807, 2.05) is 12.1 Å². The highest BCUT2D eigenvalue weighted by atomic mass is 16.5. The van der Waals surface area contributed by atoms with Gasteiger partial charge in [0.2, 0.25) is 11.8 Å². The van der Waals surface area contributed by atoms with Crippen molar-refractivity contribution < 1.29 is 14.3 Å². The summed E-state index contributed by atoms with van der Waals surface area (Å²) in [5, 5.41) is 6.15. The zero-order chi connectivity index (χ0) is 29.3. The Morgan fingerprint density at radius 3 is 2.40 bits per heavy atom. The second kappa shape index (κ2) is 11.9. The Morgan fingerprint density at radius 2 is 1.64 bits per heavy atom. The molecule has 2 aromatic carbocycles. The molecule has 2 fully saturated rings. The molecule has 1 unspecified atom stereocenters. The largest absolute Gasteiger partial charge is 0.457 e. The molecular formula is C35H42N4O3. The molecule has 7 nitrogen and oxygen atoms in total. The summed E-state index contributed by atoms with van der Waals surface area (Å²) in [6.07, 6.45) is 8.42. The van der Waals surface area contributed by atoms with Crippen LogP contribution in [0.15, 0.2) is 54.7 Å². The predicted octanol–water partition coefficient (Wildman–Crippen LogP) is 6.86. The third kappa shape index (κ3) is 7.01. The van der Waals surface area contributed by atoms with Crippen molar-refractivity contribution in [3.05, 3.63) is 77.0 Å². The smallest absolute Gasteiger partial charge is 0.228 e. The van der Waals surface area contributed by atoms with E-state index in [0.29, 0.717) is 23.7 Å². The quantitative estimate of drug-likeness (QED) is 0.311. The van der Waals surface area contributed by atoms with Crippen LogP contribution >= 0.6 is 0 Å². The molecule has 1 atom stereocenters. The van der Waals surface area contributed by atoms with E-state index in [-0.39, 0.29) is 29.1 Å². The van der Waals surface area contributed by atoms with Crippen LogP contribution in [0.1, 0.15) is 75.1 Å². The molecule has 1 saturated carbocycles. The second-order valence-corrected chi connectivity index (χ2v) is 13.3. The molecule has 42 heavy (non-hydrogen) atoms. The number of benzene rings is 2. The number of carbonyl (C=O) groups excluding carboxylic acids is 2. The van der Waals surface area contributed by atoms with Crippen LogP contribution < -0.4 is 15.4 Å². The Morgan fingerprint density at radius 1 is 0.881 bits per heavy atom. The minimum atomic E-state index is -0.0989. The number of ether oxygens (including phenoxy) is 1. The van der Waals surface area contributed by atoms with Crippen LogP contribution in [-0.2, 0) is 34.4 Å². The van der Waals surface area contributed by atoms with Crippen molar-refractivity contribution in [2.24, 2.45) is 11.8 Å². The van der Waals surface area contributed by atoms with Crippen molar-refractivity contribution in [1.29, 1.82) is 0 Å². The Hall–Kier alpha value is -3.71. The highest BCUT2D eigenvalue weighted by Crippen LogP contribution is 2.34. The number of hydrogen-bond acceptors (Lipinski definition) is 5. The van der Waals surface area contributed by atoms with Gasteiger partial charge in [0.05, 0.1) is 0 Å². The normalized spacial score (nSPS) is 18.8. The maximum absolute atomic E-state index is 13.6. The molecular weight excluding hydrogens is 524 g/mol. The highest BCUT2D eigenvalue weighted by molar-refractivity contribution is 5.94. The topological polar surface area (TPSA) is 83.6 Å². The predicted molar refractivity (Wildman–Crippen MR) is 166 cm³/mol. The van der Waals surface area contributed by atoms with E-state index in [0.717, 1.165) is 56.6 Å². The number of carbonyl (C=O) groups is 2. The van der Waals surface area contributed by atoms with Crippen molar-refractivity contribution in [1.82, 2.24) is 9.88 Å². The van der Waals surface area contributed by atoms with E-state index in [2.05, 4.69) is 65.6 Å². The Bertz CT molecular complexity index is 1470. The van der Waals surface area contributed by atoms with Crippen molar-refractivity contribution in [3.8, 4) is 11.5 Å². The van der Waals surface area contributed by atoms with Gasteiger partial charge in [-0.2, -0.15) is 0 Å². The second-order valence-electron chi connectivity index (χ2n) is 13.3. The number of fused-ring (bicyclic) bond motifs is 1. The van der Waals surface area contributed by atoms with Crippen LogP contribution in [0.5, 0.6) is 11.5 Å². The number of aryl methyl sites for hydroxylation is 1. The summed E-state index contributed by atoms with van der Waals surface area (Å²) in [5.74, 6) is 1.94. The molecule has 7 heteroatoms. The molecule has 3 aromatic rings. The SMILES string of the molecule is CC(C)(C)c1cc(CN2CCCC2)cc(NC(=O)C2CCc3ccc(Oc4ccnc(NC(=O)C5CC5)c4)cc3C2)c1. The molecule has 6 rings (SSSR count). The number of anilines is 2. The van der Waals surface area contributed by atoms with E-state index in [9.17, 15) is 9.59 Å². The third-order valence-corrected chi connectivity index (χ3v) is 8.67. The van der Waals surface area contributed by atoms with Crippen LogP contribution in [0.3, 0.4) is 0 Å². The van der Waals surface area contributed by atoms with Gasteiger partial charge in [-0.05, 0) is 116 Å². The van der Waals surface area contributed by atoms with Gasteiger partial charge in [-0.1, -0.05) is 32.9 Å². The summed E-state index contributed by atoms with van der Waals surface area (Å²) >= 11 is 0. The Labute approximate surface area is 249 Å². The average Bonchev–Trinajstić information content (AvgIpc) is 3.69. The number of likely N-dealkylation sites (tertiary alicyclic amines) is 1. The summed E-state index contributed by atoms with van der Waals surface area (Å²) in [6.45, 7) is 9.90. The number of nitrogens with one attached hydrogen (secondary N) is 2. The lowest BCUT2D eigenvalue weighted by molar-refractivity contribution is -0.120. The Balaban J connectivity index is 1.13. The van der Waals surface area contributed by atoms with Gasteiger partial charge in [0, 0.05) is 36.3 Å². The van der Waals surface area contributed by atoms with Gasteiger partial charge in [-0.3, -0.25) is 14.5 Å². The van der Waals surface area contributed by atoms with Gasteiger partial charge in [-0.15, -0.1) is 0 Å². The number of rotatable bonds is 8. The lowest BCUT2D eigenvalue weighted by Crippen LogP contribution is -2.28. The fourth-order valence-electron chi connectivity index (χ4n) is 6.01. The van der Waals surface area contributed by atoms with Crippen molar-refractivity contribution in [2.45, 2.75) is 77.7 Å². The molecule has 1 aromatic heterocycles. The summed E-state index contributed by atoms with van der Waals surface area (Å²) in [7, 11) is 0. The van der Waals surface area contributed by atoms with Crippen LogP contribution in [0.25, 0.3) is 0 Å². The van der Waals surface area contributed by atoms with Crippen molar-refractivity contribution in [2.75, 3.05) is 23.7 Å². The summed E-state index contributed by atoms with van der Waals surface area (Å²) in [6, 6.07) is 16.3. The number of nitrogens with zero attached hydrogens (tertiary/aromatic N) is 2. The van der Waals surface area contributed by atoms with E-state index in [1.54, 1.807) is 18.3 Å². The highest BCUT2D eigenvalue weighted by Gasteiger charge is 2.30.